The predicted octanol–water partition coefficient (Wildman–Crippen LogP) is -0.999. The first kappa shape index (κ1) is 14.3. The fraction of sp³-hybridized carbons (Fsp3) is 0. The molecule has 0 saturated carbocycles. The number of non-ortho nitro benzene ring substituents is 1. The number of nitrogens with zero attached hydrogens (tertiary/aromatic N) is 1. The van der Waals surface area contributed by atoms with Gasteiger partial charge in [0, 0.05) is 4.92 Å². The van der Waals surface area contributed by atoms with Crippen molar-refractivity contribution in [2.45, 2.75) is 0 Å². The van der Waals surface area contributed by atoms with Crippen LogP contribution in [0.25, 0.3) is 0 Å². The maximum atomic E-state index is 10.4. The van der Waals surface area contributed by atoms with Gasteiger partial charge in [-0.2, -0.15) is 0 Å². The molecule has 0 saturated heterocycles. The minimum atomic E-state index is -0.578. The van der Waals surface area contributed by atoms with Gasteiger partial charge in [0.15, 0.2) is 5.69 Å². The molecular weight excluding hydrogens is 277 g/mol. The monoisotopic (exact) mass is 280 g/mol. The number of nitro benzene ring substituents is 1. The Bertz CT molecular complexity index is 381. The van der Waals surface area contributed by atoms with E-state index in [0.29, 0.717) is 10.0 Å². The van der Waals surface area contributed by atoms with E-state index >= 15 is 0 Å². The average Bonchev–Trinajstić information content (AvgIpc) is 2.09. The topological polar surface area (TPSA) is 60.2 Å². The second-order valence-electron chi connectivity index (χ2n) is 2.31. The van der Waals surface area contributed by atoms with E-state index in [9.17, 15) is 14.9 Å². The third kappa shape index (κ3) is 3.15. The molecule has 0 aliphatic rings. The van der Waals surface area contributed by atoms with Crippen molar-refractivity contribution < 1.29 is 61.1 Å². The van der Waals surface area contributed by atoms with Gasteiger partial charge in [-0.1, -0.05) is 6.07 Å². The first-order valence-corrected chi connectivity index (χ1v) is 4.03. The zero-order valence-corrected chi connectivity index (χ0v) is 12.1. The number of hydrogen-bond acceptors (Lipinski definition) is 3. The molecule has 4 nitrogen and oxygen atoms in total. The minimum Gasteiger partial charge on any atom is -0.391 e. The van der Waals surface area contributed by atoms with E-state index < -0.39 is 4.92 Å². The van der Waals surface area contributed by atoms with Crippen LogP contribution in [0, 0.1) is 17.0 Å². The summed E-state index contributed by atoms with van der Waals surface area (Å²) in [5.41, 5.74) is 0.347. The van der Waals surface area contributed by atoms with Gasteiger partial charge >= 0.3 is 51.4 Å². The Morgan fingerprint density at radius 1 is 1.50 bits per heavy atom. The molecule has 0 amide bonds. The Kier molecular flexibility index (Phi) is 6.11. The maximum absolute atomic E-state index is 10.4. The van der Waals surface area contributed by atoms with E-state index in [0.717, 1.165) is 6.07 Å². The van der Waals surface area contributed by atoms with Crippen LogP contribution >= 0.6 is 15.9 Å². The molecule has 0 radical (unpaired) electrons. The molecule has 0 fully saturated rings. The Hall–Kier alpha value is 0.276. The molecule has 68 valence electrons. The third-order valence-electron chi connectivity index (χ3n) is 1.50. The van der Waals surface area contributed by atoms with Gasteiger partial charge in [0.05, 0.1) is 0 Å². The maximum Gasteiger partial charge on any atom is 1.00 e. The molecule has 0 spiro atoms. The second-order valence-corrected chi connectivity index (χ2v) is 3.17. The first-order chi connectivity index (χ1) is 6.06. The molecule has 1 aromatic carbocycles. The first-order valence-electron chi connectivity index (χ1n) is 3.24. The van der Waals surface area contributed by atoms with Crippen molar-refractivity contribution in [1.29, 1.82) is 0 Å². The SMILES string of the molecule is [CH2-]c1c(Br)cc([N+](=O)[O-])cc1[C-]=O.[K+]. The molecule has 0 aliphatic heterocycles. The van der Waals surface area contributed by atoms with Crippen LogP contribution in [-0.4, -0.2) is 11.2 Å². The van der Waals surface area contributed by atoms with Gasteiger partial charge in [0.25, 0.3) is 0 Å². The van der Waals surface area contributed by atoms with E-state index in [1.165, 1.54) is 6.07 Å². The van der Waals surface area contributed by atoms with Gasteiger partial charge < -0.3 is 4.79 Å². The van der Waals surface area contributed by atoms with Gasteiger partial charge in [-0.25, -0.2) is 5.56 Å². The summed E-state index contributed by atoms with van der Waals surface area (Å²) in [6.07, 6.45) is 1.58. The molecule has 0 bridgehead atoms. The third-order valence-corrected chi connectivity index (χ3v) is 2.21. The molecular formula is C8H4BrKNO3-. The van der Waals surface area contributed by atoms with Crippen LogP contribution in [0.2, 0.25) is 0 Å². The summed E-state index contributed by atoms with van der Waals surface area (Å²) < 4.78 is 0.431. The van der Waals surface area contributed by atoms with Crippen LogP contribution in [-0.2, 0) is 4.79 Å². The summed E-state index contributed by atoms with van der Waals surface area (Å²) in [5.74, 6) is 0. The van der Waals surface area contributed by atoms with E-state index in [1.54, 1.807) is 6.29 Å². The molecule has 0 heterocycles. The summed E-state index contributed by atoms with van der Waals surface area (Å²) in [4.78, 5) is 20.1. The molecule has 0 N–H and O–H groups in total. The molecule has 0 aromatic heterocycles. The van der Waals surface area contributed by atoms with Crippen LogP contribution < -0.4 is 51.4 Å². The van der Waals surface area contributed by atoms with Crippen LogP contribution in [0.3, 0.4) is 0 Å². The van der Waals surface area contributed by atoms with Gasteiger partial charge in [0.1, 0.15) is 0 Å². The molecule has 14 heavy (non-hydrogen) atoms. The Balaban J connectivity index is 0.00000169. The van der Waals surface area contributed by atoms with Crippen LogP contribution in [0.5, 0.6) is 0 Å². The molecule has 0 unspecified atom stereocenters. The van der Waals surface area contributed by atoms with E-state index in [4.69, 9.17) is 0 Å². The standard InChI is InChI=1S/C8H4BrNO3.K/c1-5-6(4-11)2-7(10(12)13)3-8(5)9;/h2-3H,1H2;/q-2;+1. The van der Waals surface area contributed by atoms with E-state index in [-0.39, 0.29) is 62.6 Å². The van der Waals surface area contributed by atoms with Crippen molar-refractivity contribution in [2.24, 2.45) is 0 Å². The van der Waals surface area contributed by atoms with Crippen LogP contribution in [0.4, 0.5) is 5.69 Å². The number of hydrogen-bond donors (Lipinski definition) is 0. The summed E-state index contributed by atoms with van der Waals surface area (Å²) in [6, 6.07) is 2.43. The van der Waals surface area contributed by atoms with Gasteiger partial charge in [-0.15, -0.1) is 26.5 Å². The predicted molar refractivity (Wildman–Crippen MR) is 50.1 cm³/mol. The number of nitro groups is 1. The molecule has 6 heteroatoms. The Labute approximate surface area is 132 Å². The van der Waals surface area contributed by atoms with Crippen molar-refractivity contribution >= 4 is 27.9 Å². The van der Waals surface area contributed by atoms with E-state index in [1.807, 2.05) is 0 Å². The van der Waals surface area contributed by atoms with Crippen molar-refractivity contribution in [2.75, 3.05) is 0 Å². The van der Waals surface area contributed by atoms with Gasteiger partial charge in [-0.3, -0.25) is 22.6 Å². The fourth-order valence-electron chi connectivity index (χ4n) is 0.819. The number of rotatable bonds is 2. The minimum absolute atomic E-state index is 0. The quantitative estimate of drug-likeness (QED) is 0.302. The Morgan fingerprint density at radius 3 is 2.50 bits per heavy atom. The smallest absolute Gasteiger partial charge is 0.391 e. The van der Waals surface area contributed by atoms with Gasteiger partial charge in [0.2, 0.25) is 0 Å². The summed E-state index contributed by atoms with van der Waals surface area (Å²) in [7, 11) is 0. The molecule has 1 aromatic rings. The van der Waals surface area contributed by atoms with E-state index in [2.05, 4.69) is 22.9 Å². The summed E-state index contributed by atoms with van der Waals surface area (Å²) >= 11 is 3.06. The second kappa shape index (κ2) is 5.99. The van der Waals surface area contributed by atoms with Crippen molar-refractivity contribution in [3.05, 3.63) is 44.8 Å². The summed E-state index contributed by atoms with van der Waals surface area (Å²) in [5, 5.41) is 10.4. The van der Waals surface area contributed by atoms with Crippen molar-refractivity contribution in [3.8, 4) is 0 Å². The fourth-order valence-corrected chi connectivity index (χ4v) is 1.27. The molecule has 0 aliphatic carbocycles. The number of benzene rings is 1. The van der Waals surface area contributed by atoms with Crippen LogP contribution in [0.1, 0.15) is 11.1 Å². The average molecular weight is 281 g/mol. The number of carbonyl (C=O) groups excluding carboxylic acids is 1. The molecule has 0 atom stereocenters. The van der Waals surface area contributed by atoms with Gasteiger partial charge in [-0.05, 0) is 6.29 Å². The Morgan fingerprint density at radius 2 is 2.07 bits per heavy atom. The zero-order valence-electron chi connectivity index (χ0n) is 7.41. The zero-order chi connectivity index (χ0) is 10.0. The normalized spacial score (nSPS) is 8.93. The van der Waals surface area contributed by atoms with Crippen molar-refractivity contribution in [3.63, 3.8) is 0 Å². The summed E-state index contributed by atoms with van der Waals surface area (Å²) in [6.45, 7) is 3.56. The number of halogens is 1. The molecule has 1 rings (SSSR count). The van der Waals surface area contributed by atoms with Crippen LogP contribution in [0.15, 0.2) is 16.6 Å². The largest absolute Gasteiger partial charge is 1.00 e. The van der Waals surface area contributed by atoms with Crippen molar-refractivity contribution in [1.82, 2.24) is 0 Å².